The molecule has 0 aliphatic rings. The van der Waals surface area contributed by atoms with E-state index in [1.54, 1.807) is 20.1 Å². The Morgan fingerprint density at radius 1 is 1.41 bits per heavy atom. The summed E-state index contributed by atoms with van der Waals surface area (Å²) in [6.45, 7) is 3.27. The number of nitrogens with two attached hydrogens (primary N) is 1. The number of aliphatic hydroxyl groups is 1. The van der Waals surface area contributed by atoms with Crippen LogP contribution in [0.2, 0.25) is 0 Å². The molecule has 5 heteroatoms. The van der Waals surface area contributed by atoms with Crippen LogP contribution in [0.1, 0.15) is 5.56 Å². The van der Waals surface area contributed by atoms with Crippen LogP contribution in [0.3, 0.4) is 0 Å². The Kier molecular flexibility index (Phi) is 5.18. The molecule has 3 N–H and O–H groups in total. The molecule has 0 aromatic heterocycles. The molecule has 0 saturated carbocycles. The van der Waals surface area contributed by atoms with Crippen molar-refractivity contribution >= 4 is 11.4 Å². The van der Waals surface area contributed by atoms with Crippen LogP contribution in [0, 0.1) is 12.7 Å². The molecule has 1 aromatic carbocycles. The lowest BCUT2D eigenvalue weighted by atomic mass is 10.1. The topological polar surface area (TPSA) is 58.7 Å². The van der Waals surface area contributed by atoms with Crippen LogP contribution in [0.5, 0.6) is 0 Å². The van der Waals surface area contributed by atoms with Crippen LogP contribution in [-0.4, -0.2) is 38.5 Å². The number of anilines is 2. The molecule has 17 heavy (non-hydrogen) atoms. The van der Waals surface area contributed by atoms with Gasteiger partial charge in [-0.2, -0.15) is 0 Å². The van der Waals surface area contributed by atoms with Gasteiger partial charge in [0.1, 0.15) is 5.82 Å². The summed E-state index contributed by atoms with van der Waals surface area (Å²) in [6.07, 6.45) is 0. The second-order valence-electron chi connectivity index (χ2n) is 3.86. The van der Waals surface area contributed by atoms with Crippen LogP contribution in [0.25, 0.3) is 0 Å². The van der Waals surface area contributed by atoms with Gasteiger partial charge in [-0.1, -0.05) is 0 Å². The quantitative estimate of drug-likeness (QED) is 0.735. The predicted octanol–water partition coefficient (Wildman–Crippen LogP) is 1.16. The van der Waals surface area contributed by atoms with Crippen molar-refractivity contribution in [3.8, 4) is 0 Å². The fraction of sp³-hybridized carbons (Fsp3) is 0.500. The molecule has 0 aliphatic carbocycles. The van der Waals surface area contributed by atoms with Gasteiger partial charge in [0.15, 0.2) is 0 Å². The number of nitrogens with zero attached hydrogens (tertiary/aromatic N) is 1. The Balaban J connectivity index is 2.96. The van der Waals surface area contributed by atoms with E-state index in [0.29, 0.717) is 30.9 Å². The summed E-state index contributed by atoms with van der Waals surface area (Å²) >= 11 is 0. The van der Waals surface area contributed by atoms with Crippen LogP contribution in [-0.2, 0) is 4.74 Å². The van der Waals surface area contributed by atoms with E-state index in [2.05, 4.69) is 0 Å². The summed E-state index contributed by atoms with van der Waals surface area (Å²) in [5.74, 6) is -0.318. The second kappa shape index (κ2) is 6.42. The standard InChI is InChI=1S/C12H19FN2O2/c1-9-7-12(11(14)8-10(9)13)15(3-5-16)4-6-17-2/h7-8,16H,3-6,14H2,1-2H3. The number of benzene rings is 1. The predicted molar refractivity (Wildman–Crippen MR) is 66.7 cm³/mol. The molecule has 0 spiro atoms. The first-order chi connectivity index (χ1) is 8.10. The Morgan fingerprint density at radius 3 is 2.71 bits per heavy atom. The summed E-state index contributed by atoms with van der Waals surface area (Å²) in [4.78, 5) is 1.88. The average Bonchev–Trinajstić information content (AvgIpc) is 2.29. The Bertz CT molecular complexity index is 372. The number of halogens is 1. The number of hydrogen-bond donors (Lipinski definition) is 2. The van der Waals surface area contributed by atoms with E-state index in [9.17, 15) is 4.39 Å². The molecular formula is C12H19FN2O2. The van der Waals surface area contributed by atoms with Gasteiger partial charge in [-0.05, 0) is 24.6 Å². The SMILES string of the molecule is COCCN(CCO)c1cc(C)c(F)cc1N. The molecule has 0 atom stereocenters. The lowest BCUT2D eigenvalue weighted by Gasteiger charge is -2.25. The summed E-state index contributed by atoms with van der Waals surface area (Å²) in [5.41, 5.74) is 7.43. The van der Waals surface area contributed by atoms with E-state index in [1.165, 1.54) is 6.07 Å². The highest BCUT2D eigenvalue weighted by molar-refractivity contribution is 5.68. The van der Waals surface area contributed by atoms with Crippen molar-refractivity contribution in [1.82, 2.24) is 0 Å². The lowest BCUT2D eigenvalue weighted by Crippen LogP contribution is -2.31. The number of methoxy groups -OCH3 is 1. The van der Waals surface area contributed by atoms with E-state index < -0.39 is 0 Å². The molecule has 0 saturated heterocycles. The largest absolute Gasteiger partial charge is 0.397 e. The molecule has 0 fully saturated rings. The Hall–Kier alpha value is -1.33. The molecule has 96 valence electrons. The van der Waals surface area contributed by atoms with Gasteiger partial charge in [0.2, 0.25) is 0 Å². The molecule has 0 aliphatic heterocycles. The zero-order valence-corrected chi connectivity index (χ0v) is 10.2. The first-order valence-electron chi connectivity index (χ1n) is 5.50. The minimum atomic E-state index is -0.318. The first kappa shape index (κ1) is 13.7. The zero-order valence-electron chi connectivity index (χ0n) is 10.2. The fourth-order valence-electron chi connectivity index (χ4n) is 1.63. The van der Waals surface area contributed by atoms with E-state index in [1.807, 2.05) is 4.90 Å². The maximum atomic E-state index is 13.3. The molecule has 0 bridgehead atoms. The molecule has 0 heterocycles. The first-order valence-corrected chi connectivity index (χ1v) is 5.50. The second-order valence-corrected chi connectivity index (χ2v) is 3.86. The van der Waals surface area contributed by atoms with Crippen molar-refractivity contribution in [1.29, 1.82) is 0 Å². The molecular weight excluding hydrogens is 223 g/mol. The highest BCUT2D eigenvalue weighted by atomic mass is 19.1. The van der Waals surface area contributed by atoms with Crippen LogP contribution in [0.15, 0.2) is 12.1 Å². The van der Waals surface area contributed by atoms with Crippen molar-refractivity contribution in [2.75, 3.05) is 44.0 Å². The van der Waals surface area contributed by atoms with Crippen molar-refractivity contribution < 1.29 is 14.2 Å². The van der Waals surface area contributed by atoms with Gasteiger partial charge in [-0.15, -0.1) is 0 Å². The highest BCUT2D eigenvalue weighted by Gasteiger charge is 2.11. The maximum Gasteiger partial charge on any atom is 0.128 e. The van der Waals surface area contributed by atoms with E-state index in [4.69, 9.17) is 15.6 Å². The van der Waals surface area contributed by atoms with E-state index >= 15 is 0 Å². The van der Waals surface area contributed by atoms with Crippen LogP contribution in [0.4, 0.5) is 15.8 Å². The Labute approximate surface area is 101 Å². The monoisotopic (exact) mass is 242 g/mol. The van der Waals surface area contributed by atoms with Crippen molar-refractivity contribution in [2.45, 2.75) is 6.92 Å². The number of rotatable bonds is 6. The third-order valence-corrected chi connectivity index (χ3v) is 2.58. The smallest absolute Gasteiger partial charge is 0.128 e. The minimum absolute atomic E-state index is 0.0135. The zero-order chi connectivity index (χ0) is 12.8. The van der Waals surface area contributed by atoms with Gasteiger partial charge in [-0.25, -0.2) is 4.39 Å². The molecule has 0 radical (unpaired) electrons. The summed E-state index contributed by atoms with van der Waals surface area (Å²) in [7, 11) is 1.61. The summed E-state index contributed by atoms with van der Waals surface area (Å²) < 4.78 is 18.3. The van der Waals surface area contributed by atoms with Gasteiger partial charge < -0.3 is 20.5 Å². The number of ether oxygens (including phenoxy) is 1. The van der Waals surface area contributed by atoms with E-state index in [-0.39, 0.29) is 12.4 Å². The molecule has 4 nitrogen and oxygen atoms in total. The molecule has 1 rings (SSSR count). The maximum absolute atomic E-state index is 13.3. The highest BCUT2D eigenvalue weighted by Crippen LogP contribution is 2.26. The van der Waals surface area contributed by atoms with Crippen molar-refractivity contribution in [3.63, 3.8) is 0 Å². The number of hydrogen-bond acceptors (Lipinski definition) is 4. The lowest BCUT2D eigenvalue weighted by molar-refractivity contribution is 0.203. The Morgan fingerprint density at radius 2 is 2.12 bits per heavy atom. The summed E-state index contributed by atoms with van der Waals surface area (Å²) in [5, 5.41) is 9.01. The molecule has 0 unspecified atom stereocenters. The fourth-order valence-corrected chi connectivity index (χ4v) is 1.63. The average molecular weight is 242 g/mol. The van der Waals surface area contributed by atoms with Gasteiger partial charge in [-0.3, -0.25) is 0 Å². The number of aryl methyl sites for hydroxylation is 1. The molecule has 1 aromatic rings. The van der Waals surface area contributed by atoms with Crippen molar-refractivity contribution in [2.24, 2.45) is 0 Å². The van der Waals surface area contributed by atoms with Gasteiger partial charge in [0, 0.05) is 20.2 Å². The number of aliphatic hydroxyl groups excluding tert-OH is 1. The third kappa shape index (κ3) is 3.57. The minimum Gasteiger partial charge on any atom is -0.397 e. The third-order valence-electron chi connectivity index (χ3n) is 2.58. The van der Waals surface area contributed by atoms with Crippen LogP contribution >= 0.6 is 0 Å². The van der Waals surface area contributed by atoms with Crippen LogP contribution < -0.4 is 10.6 Å². The van der Waals surface area contributed by atoms with E-state index in [0.717, 1.165) is 5.69 Å². The van der Waals surface area contributed by atoms with Crippen molar-refractivity contribution in [3.05, 3.63) is 23.5 Å². The number of nitrogen functional groups attached to an aromatic ring is 1. The van der Waals surface area contributed by atoms with Gasteiger partial charge in [0.05, 0.1) is 24.6 Å². The summed E-state index contributed by atoms with van der Waals surface area (Å²) in [6, 6.07) is 3.00. The van der Waals surface area contributed by atoms with Gasteiger partial charge in [0.25, 0.3) is 0 Å². The molecule has 0 amide bonds. The normalized spacial score (nSPS) is 10.6. The van der Waals surface area contributed by atoms with Gasteiger partial charge >= 0.3 is 0 Å².